The van der Waals surface area contributed by atoms with Crippen LogP contribution in [0.5, 0.6) is 0 Å². The summed E-state index contributed by atoms with van der Waals surface area (Å²) in [7, 11) is 0. The van der Waals surface area contributed by atoms with Gasteiger partial charge in [-0.2, -0.15) is 0 Å². The van der Waals surface area contributed by atoms with Crippen LogP contribution in [-0.2, 0) is 21.0 Å². The molecule has 0 heterocycles. The van der Waals surface area contributed by atoms with Crippen molar-refractivity contribution in [3.05, 3.63) is 35.9 Å². The lowest BCUT2D eigenvalue weighted by Gasteiger charge is -2.17. The zero-order chi connectivity index (χ0) is 15.3. The van der Waals surface area contributed by atoms with Gasteiger partial charge in [-0.25, -0.2) is 5.06 Å². The van der Waals surface area contributed by atoms with Crippen LogP contribution >= 0.6 is 0 Å². The molecule has 1 aromatic carbocycles. The Bertz CT molecular complexity index is 409. The summed E-state index contributed by atoms with van der Waals surface area (Å²) in [5.41, 5.74) is 0.968. The van der Waals surface area contributed by atoms with Gasteiger partial charge in [-0.15, -0.1) is 0 Å². The second kappa shape index (κ2) is 10.9. The third kappa shape index (κ3) is 8.09. The van der Waals surface area contributed by atoms with Crippen LogP contribution in [-0.4, -0.2) is 24.0 Å². The highest BCUT2D eigenvalue weighted by Gasteiger charge is 2.06. The van der Waals surface area contributed by atoms with E-state index in [1.165, 1.54) is 0 Å². The van der Waals surface area contributed by atoms with Crippen molar-refractivity contribution in [2.45, 2.75) is 45.6 Å². The van der Waals surface area contributed by atoms with Crippen LogP contribution in [0.15, 0.2) is 30.3 Å². The summed E-state index contributed by atoms with van der Waals surface area (Å²) in [4.78, 5) is 27.8. The molecule has 0 bridgehead atoms. The Morgan fingerprint density at radius 1 is 1.24 bits per heavy atom. The maximum atomic E-state index is 11.6. The molecule has 0 radical (unpaired) electrons. The smallest absolute Gasteiger partial charge is 0.235 e. The zero-order valence-corrected chi connectivity index (χ0v) is 12.6. The highest BCUT2D eigenvalue weighted by Crippen LogP contribution is 2.03. The third-order valence-corrected chi connectivity index (χ3v) is 3.05. The molecular weight excluding hydrogens is 268 g/mol. The van der Waals surface area contributed by atoms with Crippen LogP contribution in [0, 0.1) is 0 Å². The van der Waals surface area contributed by atoms with Gasteiger partial charge in [0.25, 0.3) is 0 Å². The number of hydrogen-bond acceptors (Lipinski definition) is 3. The van der Waals surface area contributed by atoms with Gasteiger partial charge < -0.3 is 5.32 Å². The monoisotopic (exact) mass is 292 g/mol. The number of amides is 2. The molecule has 0 saturated heterocycles. The van der Waals surface area contributed by atoms with E-state index in [2.05, 4.69) is 12.2 Å². The molecule has 0 aliphatic heterocycles. The third-order valence-electron chi connectivity index (χ3n) is 3.05. The number of hydroxylamine groups is 2. The minimum Gasteiger partial charge on any atom is -0.336 e. The molecule has 0 aliphatic carbocycles. The van der Waals surface area contributed by atoms with Gasteiger partial charge >= 0.3 is 0 Å². The summed E-state index contributed by atoms with van der Waals surface area (Å²) in [5, 5.41) is 3.77. The summed E-state index contributed by atoms with van der Waals surface area (Å²) in [5.74, 6) is -0.0544. The predicted molar refractivity (Wildman–Crippen MR) is 80.9 cm³/mol. The molecule has 5 nitrogen and oxygen atoms in total. The predicted octanol–water partition coefficient (Wildman–Crippen LogP) is 2.62. The minimum absolute atomic E-state index is 0.0544. The summed E-state index contributed by atoms with van der Waals surface area (Å²) < 4.78 is 0. The average Bonchev–Trinajstić information content (AvgIpc) is 2.53. The van der Waals surface area contributed by atoms with Gasteiger partial charge in [0.2, 0.25) is 12.3 Å². The molecular formula is C16H24N2O3. The molecule has 0 saturated carbocycles. The van der Waals surface area contributed by atoms with Crippen molar-refractivity contribution in [3.63, 3.8) is 0 Å². The second-order valence-electron chi connectivity index (χ2n) is 4.85. The Morgan fingerprint density at radius 2 is 2.00 bits per heavy atom. The van der Waals surface area contributed by atoms with Crippen LogP contribution in [0.3, 0.4) is 0 Å². The molecule has 1 aromatic rings. The van der Waals surface area contributed by atoms with Crippen molar-refractivity contribution in [1.29, 1.82) is 0 Å². The van der Waals surface area contributed by atoms with Gasteiger partial charge in [0, 0.05) is 6.42 Å². The Balaban J connectivity index is 2.18. The van der Waals surface area contributed by atoms with Crippen LogP contribution in [0.1, 0.15) is 44.6 Å². The molecule has 0 aliphatic rings. The molecule has 0 atom stereocenters. The van der Waals surface area contributed by atoms with Crippen LogP contribution in [0.4, 0.5) is 0 Å². The van der Waals surface area contributed by atoms with E-state index in [0.717, 1.165) is 36.3 Å². The fourth-order valence-electron chi connectivity index (χ4n) is 1.81. The molecule has 0 fully saturated rings. The molecule has 116 valence electrons. The highest BCUT2D eigenvalue weighted by atomic mass is 16.7. The first-order valence-corrected chi connectivity index (χ1v) is 7.41. The average molecular weight is 292 g/mol. The summed E-state index contributed by atoms with van der Waals surface area (Å²) >= 11 is 0. The van der Waals surface area contributed by atoms with Gasteiger partial charge in [0.05, 0.1) is 0 Å². The molecule has 0 aromatic heterocycles. The van der Waals surface area contributed by atoms with E-state index in [9.17, 15) is 9.59 Å². The number of nitrogens with zero attached hydrogens (tertiary/aromatic N) is 1. The van der Waals surface area contributed by atoms with E-state index >= 15 is 0 Å². The number of carbonyl (C=O) groups excluding carboxylic acids is 2. The number of nitrogens with one attached hydrogen (secondary N) is 1. The highest BCUT2D eigenvalue weighted by molar-refractivity contribution is 5.75. The van der Waals surface area contributed by atoms with Crippen molar-refractivity contribution in [2.24, 2.45) is 0 Å². The molecule has 0 unspecified atom stereocenters. The first-order valence-electron chi connectivity index (χ1n) is 7.41. The molecule has 2 amide bonds. The standard InChI is InChI=1S/C16H24N2O3/c1-2-3-4-8-11-16(20)17-13-18(14-19)21-12-15-9-6-5-7-10-15/h5-7,9-10,14H,2-4,8,11-13H2,1H3,(H,17,20). The van der Waals surface area contributed by atoms with E-state index in [1.807, 2.05) is 30.3 Å². The lowest BCUT2D eigenvalue weighted by Crippen LogP contribution is -2.36. The first kappa shape index (κ1) is 17.2. The SMILES string of the molecule is CCCCCCC(=O)NCN(C=O)OCc1ccccc1. The van der Waals surface area contributed by atoms with Crippen molar-refractivity contribution in [3.8, 4) is 0 Å². The number of unbranched alkanes of at least 4 members (excludes halogenated alkanes) is 3. The van der Waals surface area contributed by atoms with E-state index in [4.69, 9.17) is 4.84 Å². The zero-order valence-electron chi connectivity index (χ0n) is 12.6. The van der Waals surface area contributed by atoms with Crippen molar-refractivity contribution < 1.29 is 14.4 Å². The maximum absolute atomic E-state index is 11.6. The largest absolute Gasteiger partial charge is 0.336 e. The topological polar surface area (TPSA) is 58.6 Å². The maximum Gasteiger partial charge on any atom is 0.235 e. The van der Waals surface area contributed by atoms with Crippen LogP contribution in [0.25, 0.3) is 0 Å². The number of carbonyl (C=O) groups is 2. The lowest BCUT2D eigenvalue weighted by atomic mass is 10.1. The van der Waals surface area contributed by atoms with Gasteiger partial charge in [-0.3, -0.25) is 14.4 Å². The normalized spacial score (nSPS) is 10.1. The first-order chi connectivity index (χ1) is 10.3. The summed E-state index contributed by atoms with van der Waals surface area (Å²) in [6.45, 7) is 2.50. The fourth-order valence-corrected chi connectivity index (χ4v) is 1.81. The number of benzene rings is 1. The quantitative estimate of drug-likeness (QED) is 0.295. The summed E-state index contributed by atoms with van der Waals surface area (Å²) in [6.07, 6.45) is 5.30. The fraction of sp³-hybridized carbons (Fsp3) is 0.500. The molecule has 21 heavy (non-hydrogen) atoms. The van der Waals surface area contributed by atoms with Gasteiger partial charge in [-0.05, 0) is 12.0 Å². The molecule has 0 spiro atoms. The summed E-state index contributed by atoms with van der Waals surface area (Å²) in [6, 6.07) is 9.55. The minimum atomic E-state index is -0.0544. The van der Waals surface area contributed by atoms with Crippen molar-refractivity contribution in [1.82, 2.24) is 10.4 Å². The van der Waals surface area contributed by atoms with Crippen LogP contribution in [0.2, 0.25) is 0 Å². The molecule has 1 N–H and O–H groups in total. The molecule has 1 rings (SSSR count). The van der Waals surface area contributed by atoms with E-state index in [1.54, 1.807) is 0 Å². The number of hydrogen-bond donors (Lipinski definition) is 1. The Hall–Kier alpha value is -1.88. The number of rotatable bonds is 11. The second-order valence-corrected chi connectivity index (χ2v) is 4.85. The van der Waals surface area contributed by atoms with E-state index in [-0.39, 0.29) is 12.6 Å². The van der Waals surface area contributed by atoms with E-state index in [0.29, 0.717) is 19.4 Å². The van der Waals surface area contributed by atoms with Crippen LogP contribution < -0.4 is 5.32 Å². The van der Waals surface area contributed by atoms with Gasteiger partial charge in [-0.1, -0.05) is 56.5 Å². The van der Waals surface area contributed by atoms with Crippen molar-refractivity contribution >= 4 is 12.3 Å². The lowest BCUT2D eigenvalue weighted by molar-refractivity contribution is -0.180. The Morgan fingerprint density at radius 3 is 2.67 bits per heavy atom. The van der Waals surface area contributed by atoms with Crippen molar-refractivity contribution in [2.75, 3.05) is 6.67 Å². The van der Waals surface area contributed by atoms with Gasteiger partial charge in [0.1, 0.15) is 13.3 Å². The Kier molecular flexibility index (Phi) is 8.88. The molecule has 5 heteroatoms. The van der Waals surface area contributed by atoms with E-state index < -0.39 is 0 Å². The van der Waals surface area contributed by atoms with Gasteiger partial charge in [0.15, 0.2) is 0 Å². The Labute approximate surface area is 126 Å².